The number of epoxide rings is 1. The minimum Gasteiger partial charge on any atom is -0.424 e. The number of fused-ring (bicyclic) bond motifs is 1. The van der Waals surface area contributed by atoms with Gasteiger partial charge in [-0.3, -0.25) is 4.90 Å². The van der Waals surface area contributed by atoms with Crippen LogP contribution in [0.2, 0.25) is 5.02 Å². The number of hydrogen-bond donors (Lipinski definition) is 1. The number of halogens is 1. The lowest BCUT2D eigenvalue weighted by molar-refractivity contribution is 0.0745. The van der Waals surface area contributed by atoms with Gasteiger partial charge in [0.15, 0.2) is 5.58 Å². The van der Waals surface area contributed by atoms with E-state index in [-0.39, 0.29) is 12.3 Å². The van der Waals surface area contributed by atoms with Gasteiger partial charge < -0.3 is 14.5 Å². The van der Waals surface area contributed by atoms with Crippen molar-refractivity contribution in [1.82, 2.24) is 9.88 Å². The van der Waals surface area contributed by atoms with Gasteiger partial charge in [0.1, 0.15) is 17.8 Å². The summed E-state index contributed by atoms with van der Waals surface area (Å²) >= 11 is 6.05. The fourth-order valence-electron chi connectivity index (χ4n) is 4.33. The molecule has 0 amide bonds. The molecular weight excluding hydrogens is 386 g/mol. The SMILES string of the molecule is CC1(C)CCCN(C2OC2c2ccc3oc(NCc4cccc(Cl)c4)nc3c2)C1. The quantitative estimate of drug-likeness (QED) is 0.553. The number of anilines is 1. The van der Waals surface area contributed by atoms with Crippen molar-refractivity contribution in [2.75, 3.05) is 18.4 Å². The Labute approximate surface area is 176 Å². The molecule has 29 heavy (non-hydrogen) atoms. The summed E-state index contributed by atoms with van der Waals surface area (Å²) in [6.45, 7) is 7.51. The number of nitrogens with zero attached hydrogens (tertiary/aromatic N) is 2. The molecule has 5 nitrogen and oxygen atoms in total. The maximum atomic E-state index is 6.05. The fourth-order valence-corrected chi connectivity index (χ4v) is 4.55. The number of ether oxygens (including phenoxy) is 1. The monoisotopic (exact) mass is 411 g/mol. The molecule has 0 aliphatic carbocycles. The number of oxazole rings is 1. The van der Waals surface area contributed by atoms with E-state index < -0.39 is 0 Å². The van der Waals surface area contributed by atoms with Gasteiger partial charge in [-0.1, -0.05) is 43.6 Å². The number of aromatic nitrogens is 1. The Kier molecular flexibility index (Phi) is 4.77. The molecule has 6 heteroatoms. The van der Waals surface area contributed by atoms with E-state index in [9.17, 15) is 0 Å². The summed E-state index contributed by atoms with van der Waals surface area (Å²) in [6.07, 6.45) is 2.85. The minimum atomic E-state index is 0.132. The molecule has 3 heterocycles. The standard InChI is InChI=1S/C23H26ClN3O2/c1-23(2)9-4-10-27(14-23)21-20(29-21)16-7-8-19-18(12-16)26-22(28-19)25-13-15-5-3-6-17(24)11-15/h3,5-8,11-12,20-21H,4,9-10,13-14H2,1-2H3,(H,25,26). The fraction of sp³-hybridized carbons (Fsp3) is 0.435. The first kappa shape index (κ1) is 18.9. The van der Waals surface area contributed by atoms with Gasteiger partial charge in [0.05, 0.1) is 0 Å². The van der Waals surface area contributed by atoms with Crippen LogP contribution in [0.15, 0.2) is 46.9 Å². The van der Waals surface area contributed by atoms with Crippen LogP contribution in [0.3, 0.4) is 0 Å². The largest absolute Gasteiger partial charge is 0.424 e. The maximum absolute atomic E-state index is 6.05. The van der Waals surface area contributed by atoms with Crippen LogP contribution in [-0.4, -0.2) is 29.2 Å². The zero-order valence-corrected chi connectivity index (χ0v) is 17.6. The Morgan fingerprint density at radius 2 is 2.14 bits per heavy atom. The zero-order valence-electron chi connectivity index (χ0n) is 16.8. The molecule has 2 saturated heterocycles. The van der Waals surface area contributed by atoms with Crippen LogP contribution in [0, 0.1) is 5.41 Å². The van der Waals surface area contributed by atoms with Gasteiger partial charge in [0.25, 0.3) is 6.01 Å². The Morgan fingerprint density at radius 1 is 1.24 bits per heavy atom. The highest BCUT2D eigenvalue weighted by Crippen LogP contribution is 2.44. The van der Waals surface area contributed by atoms with Crippen molar-refractivity contribution in [2.45, 2.75) is 45.6 Å². The second-order valence-electron chi connectivity index (χ2n) is 8.92. The van der Waals surface area contributed by atoms with Crippen LogP contribution < -0.4 is 5.32 Å². The average Bonchev–Trinajstić information content (AvgIpc) is 3.38. The molecular formula is C23H26ClN3O2. The van der Waals surface area contributed by atoms with Crippen LogP contribution in [-0.2, 0) is 11.3 Å². The van der Waals surface area contributed by atoms with E-state index >= 15 is 0 Å². The van der Waals surface area contributed by atoms with Crippen molar-refractivity contribution in [3.8, 4) is 0 Å². The van der Waals surface area contributed by atoms with E-state index in [1.165, 1.54) is 18.4 Å². The normalized spacial score (nSPS) is 24.0. The Balaban J connectivity index is 1.26. The van der Waals surface area contributed by atoms with Crippen molar-refractivity contribution in [3.05, 3.63) is 58.6 Å². The van der Waals surface area contributed by atoms with Gasteiger partial charge in [-0.25, -0.2) is 0 Å². The van der Waals surface area contributed by atoms with Gasteiger partial charge in [-0.15, -0.1) is 0 Å². The highest BCUT2D eigenvalue weighted by atomic mass is 35.5. The number of nitrogens with one attached hydrogen (secondary N) is 1. The highest BCUT2D eigenvalue weighted by Gasteiger charge is 2.47. The lowest BCUT2D eigenvalue weighted by Gasteiger charge is -2.37. The summed E-state index contributed by atoms with van der Waals surface area (Å²) in [5.41, 5.74) is 4.25. The number of piperidine rings is 1. The molecule has 2 unspecified atom stereocenters. The third-order valence-electron chi connectivity index (χ3n) is 5.83. The predicted octanol–water partition coefficient (Wildman–Crippen LogP) is 5.61. The van der Waals surface area contributed by atoms with Gasteiger partial charge >= 0.3 is 0 Å². The Bertz CT molecular complexity index is 1030. The highest BCUT2D eigenvalue weighted by molar-refractivity contribution is 6.30. The first-order valence-electron chi connectivity index (χ1n) is 10.3. The van der Waals surface area contributed by atoms with E-state index in [1.54, 1.807) is 0 Å². The zero-order chi connectivity index (χ0) is 20.0. The van der Waals surface area contributed by atoms with E-state index in [1.807, 2.05) is 30.3 Å². The molecule has 2 fully saturated rings. The minimum absolute atomic E-state index is 0.132. The van der Waals surface area contributed by atoms with Crippen molar-refractivity contribution >= 4 is 28.7 Å². The Morgan fingerprint density at radius 3 is 2.97 bits per heavy atom. The third kappa shape index (κ3) is 4.13. The molecule has 3 aromatic rings. The first-order valence-corrected chi connectivity index (χ1v) is 10.6. The number of benzene rings is 2. The van der Waals surface area contributed by atoms with Crippen molar-refractivity contribution in [2.24, 2.45) is 5.41 Å². The van der Waals surface area contributed by atoms with Crippen LogP contribution in [0.5, 0.6) is 0 Å². The molecule has 1 aromatic heterocycles. The van der Waals surface area contributed by atoms with E-state index in [2.05, 4.69) is 41.2 Å². The molecule has 152 valence electrons. The predicted molar refractivity (Wildman–Crippen MR) is 115 cm³/mol. The lowest BCUT2D eigenvalue weighted by atomic mass is 9.84. The summed E-state index contributed by atoms with van der Waals surface area (Å²) < 4.78 is 11.9. The van der Waals surface area contributed by atoms with Crippen LogP contribution in [0.25, 0.3) is 11.1 Å². The molecule has 0 bridgehead atoms. The van der Waals surface area contributed by atoms with Crippen molar-refractivity contribution < 1.29 is 9.15 Å². The second kappa shape index (κ2) is 7.31. The van der Waals surface area contributed by atoms with E-state index in [0.29, 0.717) is 18.0 Å². The smallest absolute Gasteiger partial charge is 0.295 e. The molecule has 2 atom stereocenters. The molecule has 2 aromatic carbocycles. The summed E-state index contributed by atoms with van der Waals surface area (Å²) in [6, 6.07) is 14.4. The van der Waals surface area contributed by atoms with E-state index in [0.717, 1.165) is 34.8 Å². The molecule has 0 saturated carbocycles. The summed E-state index contributed by atoms with van der Waals surface area (Å²) in [7, 11) is 0. The van der Waals surface area contributed by atoms with Gasteiger partial charge in [0, 0.05) is 24.7 Å². The van der Waals surface area contributed by atoms with Crippen molar-refractivity contribution in [3.63, 3.8) is 0 Å². The molecule has 2 aliphatic heterocycles. The van der Waals surface area contributed by atoms with Crippen LogP contribution in [0.4, 0.5) is 6.01 Å². The summed E-state index contributed by atoms with van der Waals surface area (Å²) in [5, 5.41) is 3.96. The third-order valence-corrected chi connectivity index (χ3v) is 6.07. The maximum Gasteiger partial charge on any atom is 0.295 e. The number of rotatable bonds is 5. The van der Waals surface area contributed by atoms with Crippen molar-refractivity contribution in [1.29, 1.82) is 0 Å². The van der Waals surface area contributed by atoms with Crippen LogP contribution >= 0.6 is 11.6 Å². The summed E-state index contributed by atoms with van der Waals surface area (Å²) in [4.78, 5) is 7.09. The number of hydrogen-bond acceptors (Lipinski definition) is 5. The molecule has 0 spiro atoms. The molecule has 1 N–H and O–H groups in total. The molecule has 2 aliphatic rings. The average molecular weight is 412 g/mol. The topological polar surface area (TPSA) is 53.8 Å². The van der Waals surface area contributed by atoms with Crippen LogP contribution in [0.1, 0.15) is 43.9 Å². The summed E-state index contributed by atoms with van der Waals surface area (Å²) in [5.74, 6) is 0. The number of likely N-dealkylation sites (tertiary alicyclic amines) is 1. The molecule has 5 rings (SSSR count). The molecule has 0 radical (unpaired) electrons. The van der Waals surface area contributed by atoms with Gasteiger partial charge in [-0.05, 0) is 53.6 Å². The van der Waals surface area contributed by atoms with E-state index in [4.69, 9.17) is 20.8 Å². The van der Waals surface area contributed by atoms with Gasteiger partial charge in [-0.2, -0.15) is 4.98 Å². The van der Waals surface area contributed by atoms with Gasteiger partial charge in [0.2, 0.25) is 0 Å². The first-order chi connectivity index (χ1) is 14.0. The Hall–Kier alpha value is -2.08. The lowest BCUT2D eigenvalue weighted by Crippen LogP contribution is -2.41. The second-order valence-corrected chi connectivity index (χ2v) is 9.35.